The summed E-state index contributed by atoms with van der Waals surface area (Å²) in [7, 11) is 1.67. The van der Waals surface area contributed by atoms with Gasteiger partial charge in [0.1, 0.15) is 11.6 Å². The minimum Gasteiger partial charge on any atom is -0.497 e. The minimum absolute atomic E-state index is 0.600. The van der Waals surface area contributed by atoms with Crippen LogP contribution in [-0.2, 0) is 13.0 Å². The number of ether oxygens (including phenoxy) is 1. The highest BCUT2D eigenvalue weighted by molar-refractivity contribution is 5.59. The first-order valence-electron chi connectivity index (χ1n) is 8.75. The van der Waals surface area contributed by atoms with Crippen LogP contribution in [0.15, 0.2) is 54.6 Å². The lowest BCUT2D eigenvalue weighted by molar-refractivity contribution is 0.414. The van der Waals surface area contributed by atoms with Crippen LogP contribution < -0.4 is 15.4 Å². The molecule has 0 radical (unpaired) electrons. The van der Waals surface area contributed by atoms with E-state index >= 15 is 0 Å². The lowest BCUT2D eigenvalue weighted by Gasteiger charge is -2.12. The maximum absolute atomic E-state index is 5.19. The lowest BCUT2D eigenvalue weighted by atomic mass is 10.1. The number of anilines is 3. The van der Waals surface area contributed by atoms with Crippen LogP contribution in [0, 0.1) is 6.92 Å². The Kier molecular flexibility index (Phi) is 5.69. The van der Waals surface area contributed by atoms with Crippen LogP contribution in [0.4, 0.5) is 17.5 Å². The van der Waals surface area contributed by atoms with Crippen LogP contribution in [0.1, 0.15) is 23.7 Å². The predicted molar refractivity (Wildman–Crippen MR) is 106 cm³/mol. The van der Waals surface area contributed by atoms with Gasteiger partial charge in [0.05, 0.1) is 7.11 Å². The largest absolute Gasteiger partial charge is 0.497 e. The fourth-order valence-electron chi connectivity index (χ4n) is 2.72. The van der Waals surface area contributed by atoms with Gasteiger partial charge < -0.3 is 15.4 Å². The van der Waals surface area contributed by atoms with Gasteiger partial charge in [0, 0.05) is 24.0 Å². The van der Waals surface area contributed by atoms with Crippen molar-refractivity contribution in [2.75, 3.05) is 17.7 Å². The van der Waals surface area contributed by atoms with Crippen molar-refractivity contribution in [2.24, 2.45) is 0 Å². The SMILES string of the molecule is CCc1ccccc1Nc1nc(C)cc(NCc2ccc(OC)cc2)n1. The van der Waals surface area contributed by atoms with Crippen molar-refractivity contribution in [1.29, 1.82) is 0 Å². The van der Waals surface area contributed by atoms with E-state index in [0.29, 0.717) is 12.5 Å². The summed E-state index contributed by atoms with van der Waals surface area (Å²) in [6.07, 6.45) is 0.956. The maximum atomic E-state index is 5.19. The first kappa shape index (κ1) is 17.7. The van der Waals surface area contributed by atoms with E-state index in [-0.39, 0.29) is 0 Å². The van der Waals surface area contributed by atoms with Gasteiger partial charge in [-0.2, -0.15) is 4.98 Å². The molecule has 1 aromatic heterocycles. The standard InChI is InChI=1S/C21H24N4O/c1-4-17-7-5-6-8-19(17)24-21-23-15(2)13-20(25-21)22-14-16-9-11-18(26-3)12-10-16/h5-13H,4,14H2,1-3H3,(H2,22,23,24,25). The fourth-order valence-corrected chi connectivity index (χ4v) is 2.72. The summed E-state index contributed by atoms with van der Waals surface area (Å²) in [5.74, 6) is 2.25. The number of nitrogens with one attached hydrogen (secondary N) is 2. The summed E-state index contributed by atoms with van der Waals surface area (Å²) in [6.45, 7) is 4.79. The summed E-state index contributed by atoms with van der Waals surface area (Å²) in [5, 5.41) is 6.70. The van der Waals surface area contributed by atoms with Gasteiger partial charge in [-0.05, 0) is 42.7 Å². The van der Waals surface area contributed by atoms with Crippen LogP contribution in [0.3, 0.4) is 0 Å². The molecule has 0 aliphatic carbocycles. The number of aromatic nitrogens is 2. The second-order valence-corrected chi connectivity index (χ2v) is 6.06. The van der Waals surface area contributed by atoms with Crippen molar-refractivity contribution < 1.29 is 4.74 Å². The molecule has 134 valence electrons. The molecular weight excluding hydrogens is 324 g/mol. The molecule has 0 unspecified atom stereocenters. The third kappa shape index (κ3) is 4.51. The number of benzene rings is 2. The van der Waals surface area contributed by atoms with Gasteiger partial charge in [0.15, 0.2) is 0 Å². The fraction of sp³-hybridized carbons (Fsp3) is 0.238. The average Bonchev–Trinajstić information content (AvgIpc) is 2.67. The Bertz CT molecular complexity index is 862. The van der Waals surface area contributed by atoms with E-state index in [1.165, 1.54) is 5.56 Å². The van der Waals surface area contributed by atoms with Crippen molar-refractivity contribution >= 4 is 17.5 Å². The zero-order valence-corrected chi connectivity index (χ0v) is 15.4. The van der Waals surface area contributed by atoms with E-state index in [2.05, 4.69) is 39.7 Å². The lowest BCUT2D eigenvalue weighted by Crippen LogP contribution is -2.06. The summed E-state index contributed by atoms with van der Waals surface area (Å²) in [5.41, 5.74) is 4.36. The number of para-hydroxylation sites is 1. The van der Waals surface area contributed by atoms with Gasteiger partial charge in [-0.3, -0.25) is 0 Å². The Morgan fingerprint density at radius 1 is 1.00 bits per heavy atom. The molecule has 0 bridgehead atoms. The predicted octanol–water partition coefficient (Wildman–Crippen LogP) is 4.71. The number of nitrogens with zero attached hydrogens (tertiary/aromatic N) is 2. The van der Waals surface area contributed by atoms with E-state index in [0.717, 1.165) is 34.9 Å². The molecular formula is C21H24N4O. The summed E-state index contributed by atoms with van der Waals surface area (Å²) in [6, 6.07) is 18.2. The Morgan fingerprint density at radius 2 is 1.77 bits per heavy atom. The van der Waals surface area contributed by atoms with E-state index in [9.17, 15) is 0 Å². The normalized spacial score (nSPS) is 10.4. The molecule has 0 spiro atoms. The molecule has 0 amide bonds. The molecule has 0 saturated heterocycles. The van der Waals surface area contributed by atoms with Gasteiger partial charge in [-0.25, -0.2) is 4.98 Å². The van der Waals surface area contributed by atoms with Crippen LogP contribution in [0.2, 0.25) is 0 Å². The monoisotopic (exact) mass is 348 g/mol. The summed E-state index contributed by atoms with van der Waals surface area (Å²) < 4.78 is 5.19. The second-order valence-electron chi connectivity index (χ2n) is 6.06. The molecule has 3 aromatic rings. The maximum Gasteiger partial charge on any atom is 0.229 e. The molecule has 2 N–H and O–H groups in total. The highest BCUT2D eigenvalue weighted by Crippen LogP contribution is 2.21. The van der Waals surface area contributed by atoms with E-state index in [1.807, 2.05) is 49.4 Å². The Morgan fingerprint density at radius 3 is 2.50 bits per heavy atom. The number of hydrogen-bond donors (Lipinski definition) is 2. The van der Waals surface area contributed by atoms with E-state index < -0.39 is 0 Å². The number of methoxy groups -OCH3 is 1. The molecule has 0 atom stereocenters. The Hall–Kier alpha value is -3.08. The third-order valence-electron chi connectivity index (χ3n) is 4.13. The van der Waals surface area contributed by atoms with Crippen molar-refractivity contribution in [2.45, 2.75) is 26.8 Å². The van der Waals surface area contributed by atoms with Crippen molar-refractivity contribution in [3.05, 3.63) is 71.4 Å². The van der Waals surface area contributed by atoms with Crippen molar-refractivity contribution in [1.82, 2.24) is 9.97 Å². The highest BCUT2D eigenvalue weighted by atomic mass is 16.5. The van der Waals surface area contributed by atoms with Crippen LogP contribution >= 0.6 is 0 Å². The summed E-state index contributed by atoms with van der Waals surface area (Å²) >= 11 is 0. The third-order valence-corrected chi connectivity index (χ3v) is 4.13. The van der Waals surface area contributed by atoms with Gasteiger partial charge in [-0.1, -0.05) is 37.3 Å². The molecule has 0 fully saturated rings. The molecule has 0 saturated carbocycles. The molecule has 0 aliphatic rings. The molecule has 3 rings (SSSR count). The second kappa shape index (κ2) is 8.34. The minimum atomic E-state index is 0.600. The zero-order chi connectivity index (χ0) is 18.4. The zero-order valence-electron chi connectivity index (χ0n) is 15.4. The Balaban J connectivity index is 1.72. The van der Waals surface area contributed by atoms with E-state index in [4.69, 9.17) is 4.74 Å². The van der Waals surface area contributed by atoms with Crippen LogP contribution in [-0.4, -0.2) is 17.1 Å². The van der Waals surface area contributed by atoms with Crippen LogP contribution in [0.25, 0.3) is 0 Å². The number of hydrogen-bond acceptors (Lipinski definition) is 5. The Labute approximate surface area is 154 Å². The highest BCUT2D eigenvalue weighted by Gasteiger charge is 2.06. The van der Waals surface area contributed by atoms with Gasteiger partial charge in [0.25, 0.3) is 0 Å². The van der Waals surface area contributed by atoms with E-state index in [1.54, 1.807) is 7.11 Å². The quantitative estimate of drug-likeness (QED) is 0.647. The van der Waals surface area contributed by atoms with Crippen LogP contribution in [0.5, 0.6) is 5.75 Å². The van der Waals surface area contributed by atoms with Crippen molar-refractivity contribution in [3.63, 3.8) is 0 Å². The molecule has 2 aromatic carbocycles. The smallest absolute Gasteiger partial charge is 0.229 e. The molecule has 0 aliphatic heterocycles. The number of aryl methyl sites for hydroxylation is 2. The van der Waals surface area contributed by atoms with Gasteiger partial charge in [0.2, 0.25) is 5.95 Å². The molecule has 5 nitrogen and oxygen atoms in total. The van der Waals surface area contributed by atoms with Gasteiger partial charge >= 0.3 is 0 Å². The molecule has 5 heteroatoms. The average molecular weight is 348 g/mol. The molecule has 26 heavy (non-hydrogen) atoms. The molecule has 1 heterocycles. The first-order valence-corrected chi connectivity index (χ1v) is 8.75. The van der Waals surface area contributed by atoms with Gasteiger partial charge in [-0.15, -0.1) is 0 Å². The number of rotatable bonds is 7. The first-order chi connectivity index (χ1) is 12.7. The summed E-state index contributed by atoms with van der Waals surface area (Å²) in [4.78, 5) is 9.10. The van der Waals surface area contributed by atoms with Crippen molar-refractivity contribution in [3.8, 4) is 5.75 Å². The topological polar surface area (TPSA) is 59.1 Å².